The lowest BCUT2D eigenvalue weighted by Crippen LogP contribution is -2.36. The molecule has 3 aromatic rings. The van der Waals surface area contributed by atoms with Crippen LogP contribution in [0.2, 0.25) is 0 Å². The Balaban J connectivity index is 1.48. The van der Waals surface area contributed by atoms with Crippen molar-refractivity contribution in [2.24, 2.45) is 0 Å². The molecular weight excluding hydrogens is 430 g/mol. The number of hydrogen-bond acceptors (Lipinski definition) is 5. The number of nitrogens with zero attached hydrogens (tertiary/aromatic N) is 1. The lowest BCUT2D eigenvalue weighted by molar-refractivity contribution is 0.0509. The second-order valence-corrected chi connectivity index (χ2v) is 10.7. The zero-order chi connectivity index (χ0) is 21.7. The van der Waals surface area contributed by atoms with Crippen LogP contribution in [0, 0.1) is 0 Å². The number of carbonyl (C=O) groups is 1. The normalized spacial score (nSPS) is 16.3. The van der Waals surface area contributed by atoms with Crippen molar-refractivity contribution in [2.45, 2.75) is 36.1 Å². The van der Waals surface area contributed by atoms with Crippen LogP contribution in [0.15, 0.2) is 77.0 Å². The van der Waals surface area contributed by atoms with E-state index in [1.165, 1.54) is 0 Å². The number of ether oxygens (including phenoxy) is 1. The Labute approximate surface area is 187 Å². The molecule has 31 heavy (non-hydrogen) atoms. The summed E-state index contributed by atoms with van der Waals surface area (Å²) < 4.78 is 31.0. The van der Waals surface area contributed by atoms with E-state index in [2.05, 4.69) is 0 Å². The molecule has 1 atom stereocenters. The van der Waals surface area contributed by atoms with Crippen LogP contribution in [0.4, 0.5) is 0 Å². The zero-order valence-electron chi connectivity index (χ0n) is 17.1. The highest BCUT2D eigenvalue weighted by Crippen LogP contribution is 2.21. The zero-order valence-corrected chi connectivity index (χ0v) is 18.8. The van der Waals surface area contributed by atoms with Crippen LogP contribution >= 0.6 is 11.3 Å². The fourth-order valence-corrected chi connectivity index (χ4v) is 5.79. The predicted molar refractivity (Wildman–Crippen MR) is 122 cm³/mol. The highest BCUT2D eigenvalue weighted by Gasteiger charge is 2.24. The summed E-state index contributed by atoms with van der Waals surface area (Å²) in [7, 11) is -3.42. The second kappa shape index (κ2) is 9.77. The monoisotopic (exact) mass is 455 g/mol. The minimum atomic E-state index is -3.42. The van der Waals surface area contributed by atoms with E-state index in [0.717, 1.165) is 24.3 Å². The van der Waals surface area contributed by atoms with Gasteiger partial charge in [-0.05, 0) is 54.1 Å². The van der Waals surface area contributed by atoms with Gasteiger partial charge in [0.05, 0.1) is 23.3 Å². The number of hydrogen-bond donors (Lipinski definition) is 0. The van der Waals surface area contributed by atoms with Crippen molar-refractivity contribution in [1.29, 1.82) is 0 Å². The standard InChI is InChI=1S/C24H25NO4S2/c26-24(25(16-21-6-4-14-29-21)17-22-7-5-15-30-22)20-12-10-19(11-13-20)18-31(27,28)23-8-2-1-3-9-23/h1-3,5,7-13,15,21H,4,6,14,16-18H2. The highest BCUT2D eigenvalue weighted by molar-refractivity contribution is 7.90. The molecule has 1 unspecified atom stereocenters. The van der Waals surface area contributed by atoms with Crippen LogP contribution in [0.25, 0.3) is 0 Å². The van der Waals surface area contributed by atoms with Crippen molar-refractivity contribution in [3.8, 4) is 0 Å². The molecule has 0 bridgehead atoms. The molecule has 2 heterocycles. The van der Waals surface area contributed by atoms with Crippen molar-refractivity contribution in [1.82, 2.24) is 4.90 Å². The molecule has 1 aromatic heterocycles. The number of thiophene rings is 1. The van der Waals surface area contributed by atoms with Gasteiger partial charge in [-0.25, -0.2) is 8.42 Å². The topological polar surface area (TPSA) is 63.7 Å². The van der Waals surface area contributed by atoms with Gasteiger partial charge >= 0.3 is 0 Å². The van der Waals surface area contributed by atoms with E-state index in [4.69, 9.17) is 4.74 Å². The Morgan fingerprint density at radius 2 is 1.81 bits per heavy atom. The van der Waals surface area contributed by atoms with Gasteiger partial charge in [-0.3, -0.25) is 4.79 Å². The van der Waals surface area contributed by atoms with Gasteiger partial charge in [-0.2, -0.15) is 0 Å². The van der Waals surface area contributed by atoms with Gasteiger partial charge < -0.3 is 9.64 Å². The van der Waals surface area contributed by atoms with Crippen LogP contribution in [0.5, 0.6) is 0 Å². The number of benzene rings is 2. The van der Waals surface area contributed by atoms with Crippen LogP contribution in [0.1, 0.15) is 33.6 Å². The fraction of sp³-hybridized carbons (Fsp3) is 0.292. The molecule has 0 radical (unpaired) electrons. The molecule has 4 rings (SSSR count). The Kier molecular flexibility index (Phi) is 6.85. The van der Waals surface area contributed by atoms with Crippen LogP contribution in [-0.4, -0.2) is 38.5 Å². The summed E-state index contributed by atoms with van der Waals surface area (Å²) in [6, 6.07) is 19.3. The lowest BCUT2D eigenvalue weighted by atomic mass is 10.1. The molecule has 1 saturated heterocycles. The quantitative estimate of drug-likeness (QED) is 0.500. The first-order valence-corrected chi connectivity index (χ1v) is 12.8. The summed E-state index contributed by atoms with van der Waals surface area (Å²) >= 11 is 1.63. The van der Waals surface area contributed by atoms with E-state index in [-0.39, 0.29) is 17.8 Å². The molecule has 0 saturated carbocycles. The lowest BCUT2D eigenvalue weighted by Gasteiger charge is -2.25. The molecule has 1 aliphatic heterocycles. The van der Waals surface area contributed by atoms with Crippen molar-refractivity contribution < 1.29 is 17.9 Å². The first-order valence-electron chi connectivity index (χ1n) is 10.3. The molecule has 162 valence electrons. The van der Waals surface area contributed by atoms with Gasteiger partial charge in [0, 0.05) is 23.6 Å². The van der Waals surface area contributed by atoms with Gasteiger partial charge in [0.15, 0.2) is 9.84 Å². The minimum Gasteiger partial charge on any atom is -0.376 e. The van der Waals surface area contributed by atoms with E-state index in [1.54, 1.807) is 65.9 Å². The van der Waals surface area contributed by atoms with Gasteiger partial charge in [-0.15, -0.1) is 11.3 Å². The van der Waals surface area contributed by atoms with E-state index in [0.29, 0.717) is 29.1 Å². The molecule has 0 spiro atoms. The summed E-state index contributed by atoms with van der Waals surface area (Å²) in [5.41, 5.74) is 1.21. The highest BCUT2D eigenvalue weighted by atomic mass is 32.2. The smallest absolute Gasteiger partial charge is 0.254 e. The Hall–Kier alpha value is -2.48. The molecule has 0 N–H and O–H groups in total. The van der Waals surface area contributed by atoms with E-state index >= 15 is 0 Å². The first-order chi connectivity index (χ1) is 15.0. The number of amides is 1. The van der Waals surface area contributed by atoms with E-state index in [1.807, 2.05) is 22.4 Å². The largest absolute Gasteiger partial charge is 0.376 e. The van der Waals surface area contributed by atoms with Crippen molar-refractivity contribution in [3.63, 3.8) is 0 Å². The van der Waals surface area contributed by atoms with Crippen molar-refractivity contribution >= 4 is 27.1 Å². The van der Waals surface area contributed by atoms with Gasteiger partial charge in [0.2, 0.25) is 0 Å². The third-order valence-electron chi connectivity index (χ3n) is 5.32. The molecule has 2 aromatic carbocycles. The minimum absolute atomic E-state index is 0.0682. The second-order valence-electron chi connectivity index (χ2n) is 7.67. The molecule has 1 fully saturated rings. The molecule has 1 amide bonds. The third-order valence-corrected chi connectivity index (χ3v) is 7.89. The van der Waals surface area contributed by atoms with E-state index in [9.17, 15) is 13.2 Å². The van der Waals surface area contributed by atoms with Gasteiger partial charge in [-0.1, -0.05) is 36.4 Å². The van der Waals surface area contributed by atoms with Crippen LogP contribution in [-0.2, 0) is 26.9 Å². The maximum atomic E-state index is 13.2. The van der Waals surface area contributed by atoms with Crippen LogP contribution in [0.3, 0.4) is 0 Å². The fourth-order valence-electron chi connectivity index (χ4n) is 3.70. The Morgan fingerprint density at radius 3 is 2.45 bits per heavy atom. The molecule has 5 nitrogen and oxygen atoms in total. The SMILES string of the molecule is O=C(c1ccc(CS(=O)(=O)c2ccccc2)cc1)N(Cc1cccs1)CC1CCCO1. The maximum Gasteiger partial charge on any atom is 0.254 e. The maximum absolute atomic E-state index is 13.2. The van der Waals surface area contributed by atoms with Gasteiger partial charge in [0.25, 0.3) is 5.91 Å². The summed E-state index contributed by atoms with van der Waals surface area (Å²) in [6.45, 7) is 1.84. The molecule has 7 heteroatoms. The van der Waals surface area contributed by atoms with Crippen molar-refractivity contribution in [3.05, 3.63) is 88.1 Å². The summed E-state index contributed by atoms with van der Waals surface area (Å²) in [4.78, 5) is 16.5. The number of rotatable bonds is 8. The van der Waals surface area contributed by atoms with E-state index < -0.39 is 9.84 Å². The molecule has 0 aliphatic carbocycles. The molecule has 1 aliphatic rings. The third kappa shape index (κ3) is 5.61. The summed E-state index contributed by atoms with van der Waals surface area (Å²) in [6.07, 6.45) is 2.06. The van der Waals surface area contributed by atoms with Crippen molar-refractivity contribution in [2.75, 3.05) is 13.2 Å². The molecular formula is C24H25NO4S2. The first kappa shape index (κ1) is 21.7. The van der Waals surface area contributed by atoms with Gasteiger partial charge in [0.1, 0.15) is 0 Å². The predicted octanol–water partition coefficient (Wildman–Crippen LogP) is 4.54. The Morgan fingerprint density at radius 1 is 1.03 bits per heavy atom. The number of sulfone groups is 1. The van der Waals surface area contributed by atoms with Crippen LogP contribution < -0.4 is 0 Å². The summed E-state index contributed by atoms with van der Waals surface area (Å²) in [5, 5.41) is 2.01. The Bertz CT molecular complexity index is 1090. The number of carbonyl (C=O) groups excluding carboxylic acids is 1. The summed E-state index contributed by atoms with van der Waals surface area (Å²) in [5.74, 6) is -0.165. The average molecular weight is 456 g/mol. The average Bonchev–Trinajstić information content (AvgIpc) is 3.48.